The molecule has 0 aliphatic rings. The van der Waals surface area contributed by atoms with Crippen LogP contribution in [0, 0.1) is 13.0 Å². The summed E-state index contributed by atoms with van der Waals surface area (Å²) in [4.78, 5) is 0. The smallest absolute Gasteiger partial charge is 0.0314 e. The Balaban J connectivity index is 0.000000980. The summed E-state index contributed by atoms with van der Waals surface area (Å²) in [7, 11) is 0. The summed E-state index contributed by atoms with van der Waals surface area (Å²) < 4.78 is 0. The first-order chi connectivity index (χ1) is 6.20. The number of rotatable bonds is 1. The molecule has 71 valence electrons. The Bertz CT molecular complexity index is 432. The van der Waals surface area contributed by atoms with E-state index < -0.39 is 0 Å². The third-order valence-corrected chi connectivity index (χ3v) is 2.37. The molecule has 1 N–H and O–H groups in total. The van der Waals surface area contributed by atoms with Crippen molar-refractivity contribution in [1.29, 1.82) is 0 Å². The molecule has 2 aromatic rings. The molecule has 3 heteroatoms. The van der Waals surface area contributed by atoms with Crippen LogP contribution in [0.3, 0.4) is 0 Å². The Labute approximate surface area is 109 Å². The number of nitrogens with one attached hydrogen (secondary N) is 1. The van der Waals surface area contributed by atoms with Gasteiger partial charge in [0.05, 0.1) is 0 Å². The third-order valence-electron chi connectivity index (χ3n) is 2.37. The number of aromatic amines is 1. The van der Waals surface area contributed by atoms with E-state index in [9.17, 15) is 0 Å². The first-order valence-electron chi connectivity index (χ1n) is 4.54. The average molecular weight is 262 g/mol. The van der Waals surface area contributed by atoms with Gasteiger partial charge in [-0.3, -0.25) is 0 Å². The predicted molar refractivity (Wildman–Crippen MR) is 53.8 cm³/mol. The van der Waals surface area contributed by atoms with Crippen LogP contribution >= 0.6 is 0 Å². The molecule has 0 unspecified atom stereocenters. The summed E-state index contributed by atoms with van der Waals surface area (Å²) in [5, 5.41) is 8.23. The summed E-state index contributed by atoms with van der Waals surface area (Å²) in [6.07, 6.45) is 1.89. The topological polar surface area (TPSA) is 28.7 Å². The van der Waals surface area contributed by atoms with E-state index in [1.807, 2.05) is 12.3 Å². The first kappa shape index (κ1) is 11.9. The second-order valence-electron chi connectivity index (χ2n) is 3.68. The second-order valence-corrected chi connectivity index (χ2v) is 3.68. The molecule has 2 rings (SSSR count). The summed E-state index contributed by atoms with van der Waals surface area (Å²) in [5.74, 6) is 0.526. The standard InChI is InChI=1S/C11H13N2.Y/c1-7(2)11-8(3)4-5-10-9(11)6-12-13-10;/h5-7H,1-3H3,(H,12,13);/q-1;. The van der Waals surface area contributed by atoms with Crippen molar-refractivity contribution in [3.8, 4) is 0 Å². The van der Waals surface area contributed by atoms with Gasteiger partial charge in [0.1, 0.15) is 0 Å². The van der Waals surface area contributed by atoms with E-state index in [2.05, 4.69) is 37.0 Å². The van der Waals surface area contributed by atoms with Crippen LogP contribution in [0.2, 0.25) is 0 Å². The fourth-order valence-electron chi connectivity index (χ4n) is 1.82. The molecule has 0 saturated carbocycles. The Morgan fingerprint density at radius 3 is 2.79 bits per heavy atom. The van der Waals surface area contributed by atoms with E-state index in [1.165, 1.54) is 16.5 Å². The second kappa shape index (κ2) is 4.54. The molecule has 0 fully saturated rings. The molecule has 1 aromatic carbocycles. The minimum Gasteiger partial charge on any atom is -0.332 e. The molecule has 2 nitrogen and oxygen atoms in total. The number of hydrogen-bond acceptors (Lipinski definition) is 1. The van der Waals surface area contributed by atoms with Gasteiger partial charge in [0.25, 0.3) is 0 Å². The number of aryl methyl sites for hydroxylation is 1. The van der Waals surface area contributed by atoms with Crippen molar-refractivity contribution >= 4 is 10.9 Å². The molecular weight excluding hydrogens is 249 g/mol. The van der Waals surface area contributed by atoms with Gasteiger partial charge in [-0.1, -0.05) is 32.1 Å². The zero-order valence-corrected chi connectivity index (χ0v) is 11.6. The van der Waals surface area contributed by atoms with Crippen molar-refractivity contribution in [3.63, 3.8) is 0 Å². The normalized spacial score (nSPS) is 10.6. The fraction of sp³-hybridized carbons (Fsp3) is 0.364. The SMILES string of the molecule is Cc1[c-]cc2[nH]ncc2c1C(C)C.[Y]. The molecule has 0 bridgehead atoms. The monoisotopic (exact) mass is 262 g/mol. The molecule has 0 aliphatic carbocycles. The molecular formula is C11H13N2Y-. The maximum absolute atomic E-state index is 4.04. The van der Waals surface area contributed by atoms with Crippen molar-refractivity contribution in [1.82, 2.24) is 10.2 Å². The van der Waals surface area contributed by atoms with Gasteiger partial charge in [0.15, 0.2) is 0 Å². The van der Waals surface area contributed by atoms with Gasteiger partial charge in [-0.2, -0.15) is 22.8 Å². The van der Waals surface area contributed by atoms with E-state index in [1.54, 1.807) is 0 Å². The van der Waals surface area contributed by atoms with Crippen LogP contribution in [-0.2, 0) is 32.7 Å². The maximum Gasteiger partial charge on any atom is 0.0314 e. The van der Waals surface area contributed by atoms with Crippen LogP contribution in [0.4, 0.5) is 0 Å². The van der Waals surface area contributed by atoms with Crippen molar-refractivity contribution in [3.05, 3.63) is 29.5 Å². The predicted octanol–water partition coefficient (Wildman–Crippen LogP) is 2.79. The van der Waals surface area contributed by atoms with Crippen LogP contribution in [0.5, 0.6) is 0 Å². The third kappa shape index (κ3) is 1.91. The minimum atomic E-state index is 0. The van der Waals surface area contributed by atoms with Gasteiger partial charge in [0.2, 0.25) is 0 Å². The maximum atomic E-state index is 4.04. The van der Waals surface area contributed by atoms with Gasteiger partial charge in [-0.05, 0) is 5.52 Å². The number of aromatic nitrogens is 2. The quantitative estimate of drug-likeness (QED) is 0.786. The van der Waals surface area contributed by atoms with Crippen molar-refractivity contribution in [2.75, 3.05) is 0 Å². The Morgan fingerprint density at radius 2 is 2.14 bits per heavy atom. The molecule has 1 aromatic heterocycles. The number of hydrogen-bond donors (Lipinski definition) is 1. The molecule has 0 saturated heterocycles. The van der Waals surface area contributed by atoms with Crippen molar-refractivity contribution in [2.45, 2.75) is 26.7 Å². The Hall–Kier alpha value is -0.206. The van der Waals surface area contributed by atoms with Crippen LogP contribution in [0.25, 0.3) is 10.9 Å². The average Bonchev–Trinajstić information content (AvgIpc) is 2.50. The fourth-order valence-corrected chi connectivity index (χ4v) is 1.82. The number of nitrogens with zero attached hydrogens (tertiary/aromatic N) is 1. The van der Waals surface area contributed by atoms with Crippen LogP contribution in [0.15, 0.2) is 12.3 Å². The van der Waals surface area contributed by atoms with E-state index in [-0.39, 0.29) is 32.7 Å². The van der Waals surface area contributed by atoms with Gasteiger partial charge < -0.3 is 5.10 Å². The van der Waals surface area contributed by atoms with Gasteiger partial charge in [-0.15, -0.1) is 5.56 Å². The van der Waals surface area contributed by atoms with Crippen molar-refractivity contribution < 1.29 is 32.7 Å². The van der Waals surface area contributed by atoms with Crippen molar-refractivity contribution in [2.24, 2.45) is 0 Å². The molecule has 1 heterocycles. The zero-order valence-electron chi connectivity index (χ0n) is 8.76. The summed E-state index contributed by atoms with van der Waals surface area (Å²) in [5.41, 5.74) is 3.66. The number of benzene rings is 1. The molecule has 0 amide bonds. The molecule has 1 radical (unpaired) electrons. The van der Waals surface area contributed by atoms with Crippen LogP contribution in [-0.4, -0.2) is 10.2 Å². The number of H-pyrrole nitrogens is 1. The van der Waals surface area contributed by atoms with E-state index in [4.69, 9.17) is 0 Å². The summed E-state index contributed by atoms with van der Waals surface area (Å²) >= 11 is 0. The summed E-state index contributed by atoms with van der Waals surface area (Å²) in [6.45, 7) is 6.49. The van der Waals surface area contributed by atoms with E-state index in [0.717, 1.165) is 5.52 Å². The first-order valence-corrected chi connectivity index (χ1v) is 4.54. The van der Waals surface area contributed by atoms with Crippen LogP contribution < -0.4 is 0 Å². The minimum absolute atomic E-state index is 0. The Kier molecular flexibility index (Phi) is 3.85. The zero-order chi connectivity index (χ0) is 9.42. The molecule has 14 heavy (non-hydrogen) atoms. The van der Waals surface area contributed by atoms with Gasteiger partial charge in [-0.25, -0.2) is 0 Å². The van der Waals surface area contributed by atoms with Gasteiger partial charge in [0, 0.05) is 38.9 Å². The van der Waals surface area contributed by atoms with Gasteiger partial charge >= 0.3 is 0 Å². The number of fused-ring (bicyclic) bond motifs is 1. The summed E-state index contributed by atoms with van der Waals surface area (Å²) in [6, 6.07) is 5.20. The van der Waals surface area contributed by atoms with Crippen LogP contribution in [0.1, 0.15) is 30.9 Å². The Morgan fingerprint density at radius 1 is 1.43 bits per heavy atom. The molecule has 0 aliphatic heterocycles. The molecule has 0 spiro atoms. The van der Waals surface area contributed by atoms with E-state index in [0.29, 0.717) is 5.92 Å². The largest absolute Gasteiger partial charge is 0.332 e. The molecule has 0 atom stereocenters. The van der Waals surface area contributed by atoms with E-state index >= 15 is 0 Å².